The van der Waals surface area contributed by atoms with Gasteiger partial charge >= 0.3 is 6.18 Å². The number of alkyl halides is 3. The van der Waals surface area contributed by atoms with Crippen molar-refractivity contribution in [3.8, 4) is 11.6 Å². The second kappa shape index (κ2) is 4.99. The number of benzene rings is 1. The Bertz CT molecular complexity index is 803. The maximum atomic E-state index is 12.8. The van der Waals surface area contributed by atoms with Crippen molar-refractivity contribution in [3.05, 3.63) is 46.7 Å². The number of hydrogen-bond acceptors (Lipinski definition) is 4. The van der Waals surface area contributed by atoms with E-state index in [0.29, 0.717) is 10.3 Å². The Morgan fingerprint density at radius 1 is 1.10 bits per heavy atom. The molecule has 9 heteroatoms. The highest BCUT2D eigenvalue weighted by Crippen LogP contribution is 2.28. The zero-order valence-electron chi connectivity index (χ0n) is 10.2. The van der Waals surface area contributed by atoms with Gasteiger partial charge in [0.15, 0.2) is 5.65 Å². The molecule has 0 fully saturated rings. The van der Waals surface area contributed by atoms with Crippen LogP contribution in [0.1, 0.15) is 5.82 Å². The fraction of sp³-hybridized carbons (Fsp3) is 0.0833. The van der Waals surface area contributed by atoms with E-state index in [-0.39, 0.29) is 11.5 Å². The molecule has 108 valence electrons. The highest BCUT2D eigenvalue weighted by Gasteiger charge is 2.37. The van der Waals surface area contributed by atoms with Crippen LogP contribution < -0.4 is 4.74 Å². The Kier molecular flexibility index (Phi) is 3.28. The second-order valence-corrected chi connectivity index (χ2v) is 4.94. The Labute approximate surface area is 124 Å². The molecule has 0 amide bonds. The van der Waals surface area contributed by atoms with Crippen LogP contribution in [0.3, 0.4) is 0 Å². The summed E-state index contributed by atoms with van der Waals surface area (Å²) in [5.74, 6) is -0.749. The summed E-state index contributed by atoms with van der Waals surface area (Å²) in [6.45, 7) is 0. The lowest BCUT2D eigenvalue weighted by molar-refractivity contribution is -0.146. The van der Waals surface area contributed by atoms with Crippen molar-refractivity contribution >= 4 is 21.6 Å². The van der Waals surface area contributed by atoms with Crippen LogP contribution in [0, 0.1) is 0 Å². The van der Waals surface area contributed by atoms with Gasteiger partial charge in [0.25, 0.3) is 5.82 Å². The van der Waals surface area contributed by atoms with Gasteiger partial charge in [-0.1, -0.05) is 22.0 Å². The number of ether oxygens (including phenoxy) is 1. The van der Waals surface area contributed by atoms with E-state index in [1.807, 2.05) is 0 Å². The summed E-state index contributed by atoms with van der Waals surface area (Å²) in [7, 11) is 0. The number of rotatable bonds is 2. The monoisotopic (exact) mass is 358 g/mol. The first-order valence-electron chi connectivity index (χ1n) is 5.66. The van der Waals surface area contributed by atoms with Crippen LogP contribution in [-0.4, -0.2) is 19.8 Å². The Balaban J connectivity index is 2.00. The van der Waals surface area contributed by atoms with Crippen molar-refractivity contribution in [2.75, 3.05) is 0 Å². The fourth-order valence-electron chi connectivity index (χ4n) is 1.65. The molecule has 0 aliphatic heterocycles. The quantitative estimate of drug-likeness (QED) is 0.700. The minimum atomic E-state index is -4.64. The molecule has 0 bridgehead atoms. The molecule has 0 saturated heterocycles. The maximum absolute atomic E-state index is 12.8. The average molecular weight is 359 g/mol. The van der Waals surface area contributed by atoms with Gasteiger partial charge in [-0.15, -0.1) is 15.3 Å². The highest BCUT2D eigenvalue weighted by atomic mass is 79.9. The topological polar surface area (TPSA) is 52.3 Å². The molecule has 0 aliphatic rings. The van der Waals surface area contributed by atoms with Gasteiger partial charge in [-0.2, -0.15) is 17.7 Å². The average Bonchev–Trinajstić information content (AvgIpc) is 2.81. The van der Waals surface area contributed by atoms with Gasteiger partial charge in [0.1, 0.15) is 5.75 Å². The molecular formula is C12H6BrF3N4O. The number of nitrogens with zero attached hydrogens (tertiary/aromatic N) is 4. The van der Waals surface area contributed by atoms with Crippen molar-refractivity contribution in [1.82, 2.24) is 19.8 Å². The third kappa shape index (κ3) is 2.82. The van der Waals surface area contributed by atoms with Gasteiger partial charge < -0.3 is 4.74 Å². The standard InChI is InChI=1S/C12H6BrF3N4O/c13-7-2-1-3-8(6-7)21-10-5-4-9-17-18-11(12(14,15)16)20(9)19-10/h1-6H. The largest absolute Gasteiger partial charge is 0.453 e. The van der Waals surface area contributed by atoms with Gasteiger partial charge in [0, 0.05) is 10.5 Å². The van der Waals surface area contributed by atoms with Crippen LogP contribution in [0.15, 0.2) is 40.9 Å². The minimum absolute atomic E-state index is 0.00546. The van der Waals surface area contributed by atoms with Crippen LogP contribution in [0.4, 0.5) is 13.2 Å². The van der Waals surface area contributed by atoms with Crippen molar-refractivity contribution in [1.29, 1.82) is 0 Å². The lowest BCUT2D eigenvalue weighted by Gasteiger charge is -2.06. The van der Waals surface area contributed by atoms with Gasteiger partial charge in [0.05, 0.1) is 0 Å². The van der Waals surface area contributed by atoms with E-state index in [2.05, 4.69) is 31.2 Å². The molecule has 2 heterocycles. The molecule has 0 saturated carbocycles. The predicted molar refractivity (Wildman–Crippen MR) is 70.0 cm³/mol. The highest BCUT2D eigenvalue weighted by molar-refractivity contribution is 9.10. The van der Waals surface area contributed by atoms with Gasteiger partial charge in [0.2, 0.25) is 5.88 Å². The molecule has 3 aromatic rings. The van der Waals surface area contributed by atoms with E-state index >= 15 is 0 Å². The normalized spacial score (nSPS) is 11.8. The van der Waals surface area contributed by atoms with Crippen molar-refractivity contribution < 1.29 is 17.9 Å². The first-order chi connectivity index (χ1) is 9.93. The Morgan fingerprint density at radius 2 is 1.90 bits per heavy atom. The van der Waals surface area contributed by atoms with Crippen LogP contribution in [0.2, 0.25) is 0 Å². The van der Waals surface area contributed by atoms with E-state index in [1.165, 1.54) is 12.1 Å². The summed E-state index contributed by atoms with van der Waals surface area (Å²) in [5, 5.41) is 10.3. The van der Waals surface area contributed by atoms with E-state index < -0.39 is 12.0 Å². The molecule has 2 aromatic heterocycles. The fourth-order valence-corrected chi connectivity index (χ4v) is 2.03. The number of aromatic nitrogens is 4. The number of halogens is 4. The SMILES string of the molecule is FC(F)(F)c1nnc2ccc(Oc3cccc(Br)c3)nn12. The Morgan fingerprint density at radius 3 is 2.62 bits per heavy atom. The molecule has 5 nitrogen and oxygen atoms in total. The van der Waals surface area contributed by atoms with Crippen molar-refractivity contribution in [2.24, 2.45) is 0 Å². The van der Waals surface area contributed by atoms with Crippen LogP contribution in [-0.2, 0) is 6.18 Å². The molecule has 0 radical (unpaired) electrons. The number of hydrogen-bond donors (Lipinski definition) is 0. The molecular weight excluding hydrogens is 353 g/mol. The van der Waals surface area contributed by atoms with Gasteiger partial charge in [-0.05, 0) is 24.3 Å². The van der Waals surface area contributed by atoms with E-state index in [9.17, 15) is 13.2 Å². The lowest BCUT2D eigenvalue weighted by atomic mass is 10.3. The summed E-state index contributed by atoms with van der Waals surface area (Å²) in [5.41, 5.74) is -0.0103. The molecule has 21 heavy (non-hydrogen) atoms. The second-order valence-electron chi connectivity index (χ2n) is 4.02. The molecule has 1 aromatic carbocycles. The molecule has 3 rings (SSSR count). The third-order valence-corrected chi connectivity index (χ3v) is 3.00. The van der Waals surface area contributed by atoms with Gasteiger partial charge in [-0.3, -0.25) is 0 Å². The molecule has 0 unspecified atom stereocenters. The molecule has 0 N–H and O–H groups in total. The van der Waals surface area contributed by atoms with Crippen molar-refractivity contribution in [2.45, 2.75) is 6.18 Å². The summed E-state index contributed by atoms with van der Waals surface area (Å²) in [4.78, 5) is 0. The molecule has 0 spiro atoms. The predicted octanol–water partition coefficient (Wildman–Crippen LogP) is 3.70. The third-order valence-electron chi connectivity index (χ3n) is 2.51. The van der Waals surface area contributed by atoms with E-state index in [0.717, 1.165) is 4.47 Å². The number of fused-ring (bicyclic) bond motifs is 1. The zero-order valence-corrected chi connectivity index (χ0v) is 11.8. The summed E-state index contributed by atoms with van der Waals surface area (Å²) in [6.07, 6.45) is -4.64. The summed E-state index contributed by atoms with van der Waals surface area (Å²) >= 11 is 3.27. The minimum Gasteiger partial charge on any atom is -0.438 e. The first-order valence-corrected chi connectivity index (χ1v) is 6.46. The smallest absolute Gasteiger partial charge is 0.438 e. The zero-order chi connectivity index (χ0) is 15.0. The molecule has 0 atom stereocenters. The Hall–Kier alpha value is -2.16. The summed E-state index contributed by atoms with van der Waals surface area (Å²) in [6, 6.07) is 9.63. The molecule has 0 aliphatic carbocycles. The van der Waals surface area contributed by atoms with Crippen molar-refractivity contribution in [3.63, 3.8) is 0 Å². The maximum Gasteiger partial charge on any atom is 0.453 e. The van der Waals surface area contributed by atoms with Crippen LogP contribution in [0.25, 0.3) is 5.65 Å². The van der Waals surface area contributed by atoms with Gasteiger partial charge in [-0.25, -0.2) is 0 Å². The van der Waals surface area contributed by atoms with E-state index in [1.54, 1.807) is 24.3 Å². The van der Waals surface area contributed by atoms with Crippen LogP contribution in [0.5, 0.6) is 11.6 Å². The summed E-state index contributed by atoms with van der Waals surface area (Å²) < 4.78 is 45.1. The van der Waals surface area contributed by atoms with E-state index in [4.69, 9.17) is 4.74 Å². The lowest BCUT2D eigenvalue weighted by Crippen LogP contribution is -2.12. The van der Waals surface area contributed by atoms with Crippen LogP contribution >= 0.6 is 15.9 Å². The first kappa shape index (κ1) is 13.8.